The molecule has 31 heavy (non-hydrogen) atoms. The highest BCUT2D eigenvalue weighted by Crippen LogP contribution is 2.30. The number of nitriles is 1. The molecule has 2 N–H and O–H groups in total. The lowest BCUT2D eigenvalue weighted by molar-refractivity contribution is 0.563. The number of para-hydroxylation sites is 1. The fourth-order valence-corrected chi connectivity index (χ4v) is 4.18. The Morgan fingerprint density at radius 2 is 1.55 bits per heavy atom. The van der Waals surface area contributed by atoms with E-state index in [1.54, 1.807) is 24.3 Å². The lowest BCUT2D eigenvalue weighted by Crippen LogP contribution is -2.20. The zero-order valence-corrected chi connectivity index (χ0v) is 17.0. The molecule has 0 aliphatic carbocycles. The van der Waals surface area contributed by atoms with E-state index in [2.05, 4.69) is 10.0 Å². The molecule has 7 nitrogen and oxygen atoms in total. The van der Waals surface area contributed by atoms with Gasteiger partial charge in [-0.05, 0) is 42.0 Å². The summed E-state index contributed by atoms with van der Waals surface area (Å²) >= 11 is 0. The predicted molar refractivity (Wildman–Crippen MR) is 118 cm³/mol. The minimum Gasteiger partial charge on any atom is -0.421 e. The van der Waals surface area contributed by atoms with Gasteiger partial charge in [0, 0.05) is 11.9 Å². The SMILES string of the molecule is N#Cc1ccc(S(=O)(=O)Nc2c(NCc3ccccc3)c3ccccc3oc2=O)cc1. The van der Waals surface area contributed by atoms with E-state index in [0.717, 1.165) is 5.56 Å². The summed E-state index contributed by atoms with van der Waals surface area (Å²) in [5.41, 5.74) is 0.929. The van der Waals surface area contributed by atoms with Crippen molar-refractivity contribution in [3.05, 3.63) is 100 Å². The van der Waals surface area contributed by atoms with Crippen LogP contribution in [0.1, 0.15) is 11.1 Å². The highest BCUT2D eigenvalue weighted by atomic mass is 32.2. The van der Waals surface area contributed by atoms with Gasteiger partial charge in [0.2, 0.25) is 0 Å². The van der Waals surface area contributed by atoms with E-state index < -0.39 is 15.6 Å². The van der Waals surface area contributed by atoms with Crippen molar-refractivity contribution >= 4 is 32.4 Å². The third-order valence-corrected chi connectivity index (χ3v) is 6.02. The molecular formula is C23H17N3O4S. The summed E-state index contributed by atoms with van der Waals surface area (Å²) in [4.78, 5) is 12.6. The first-order valence-corrected chi connectivity index (χ1v) is 10.8. The van der Waals surface area contributed by atoms with E-state index in [1.165, 1.54) is 24.3 Å². The summed E-state index contributed by atoms with van der Waals surface area (Å²) in [6.45, 7) is 0.375. The lowest BCUT2D eigenvalue weighted by atomic mass is 10.1. The molecule has 0 bridgehead atoms. The molecule has 3 aromatic carbocycles. The van der Waals surface area contributed by atoms with Crippen molar-refractivity contribution in [2.24, 2.45) is 0 Å². The number of sulfonamides is 1. The Balaban J connectivity index is 1.78. The Labute approximate surface area is 178 Å². The van der Waals surface area contributed by atoms with Gasteiger partial charge in [-0.15, -0.1) is 0 Å². The van der Waals surface area contributed by atoms with Crippen LogP contribution in [0, 0.1) is 11.3 Å². The van der Waals surface area contributed by atoms with Crippen LogP contribution in [-0.4, -0.2) is 8.42 Å². The molecule has 0 saturated heterocycles. The topological polar surface area (TPSA) is 112 Å². The highest BCUT2D eigenvalue weighted by molar-refractivity contribution is 7.92. The number of hydrogen-bond donors (Lipinski definition) is 2. The Hall–Kier alpha value is -4.09. The first kappa shape index (κ1) is 20.2. The summed E-state index contributed by atoms with van der Waals surface area (Å²) in [5, 5.41) is 12.7. The van der Waals surface area contributed by atoms with Crippen LogP contribution in [0.25, 0.3) is 11.0 Å². The van der Waals surface area contributed by atoms with E-state index in [0.29, 0.717) is 28.8 Å². The fourth-order valence-electron chi connectivity index (χ4n) is 3.11. The summed E-state index contributed by atoms with van der Waals surface area (Å²) in [6, 6.07) is 23.7. The van der Waals surface area contributed by atoms with E-state index in [-0.39, 0.29) is 10.6 Å². The average Bonchev–Trinajstić information content (AvgIpc) is 2.79. The molecular weight excluding hydrogens is 414 g/mol. The largest absolute Gasteiger partial charge is 0.421 e. The van der Waals surface area contributed by atoms with Crippen molar-refractivity contribution in [3.8, 4) is 6.07 Å². The van der Waals surface area contributed by atoms with Crippen LogP contribution in [0.5, 0.6) is 0 Å². The van der Waals surface area contributed by atoms with Crippen LogP contribution in [0.15, 0.2) is 93.0 Å². The Morgan fingerprint density at radius 1 is 0.871 bits per heavy atom. The van der Waals surface area contributed by atoms with E-state index in [1.807, 2.05) is 36.4 Å². The number of nitrogens with zero attached hydrogens (tertiary/aromatic N) is 1. The van der Waals surface area contributed by atoms with E-state index in [4.69, 9.17) is 9.68 Å². The van der Waals surface area contributed by atoms with Gasteiger partial charge in [0.25, 0.3) is 10.0 Å². The van der Waals surface area contributed by atoms with Crippen LogP contribution in [-0.2, 0) is 16.6 Å². The summed E-state index contributed by atoms with van der Waals surface area (Å²) in [7, 11) is -4.09. The summed E-state index contributed by atoms with van der Waals surface area (Å²) in [5.74, 6) is 0. The molecule has 0 unspecified atom stereocenters. The zero-order chi connectivity index (χ0) is 21.8. The van der Waals surface area contributed by atoms with Crippen molar-refractivity contribution in [1.29, 1.82) is 5.26 Å². The maximum atomic E-state index is 12.9. The molecule has 0 spiro atoms. The molecule has 1 heterocycles. The van der Waals surface area contributed by atoms with Crippen molar-refractivity contribution in [3.63, 3.8) is 0 Å². The summed E-state index contributed by atoms with van der Waals surface area (Å²) in [6.07, 6.45) is 0. The first-order chi connectivity index (χ1) is 15.0. The van der Waals surface area contributed by atoms with Crippen LogP contribution < -0.4 is 15.7 Å². The van der Waals surface area contributed by atoms with Gasteiger partial charge in [-0.25, -0.2) is 13.2 Å². The van der Waals surface area contributed by atoms with Crippen LogP contribution in [0.3, 0.4) is 0 Å². The molecule has 1 aromatic heterocycles. The smallest absolute Gasteiger partial charge is 0.363 e. The Kier molecular flexibility index (Phi) is 5.43. The van der Waals surface area contributed by atoms with E-state index in [9.17, 15) is 13.2 Å². The second kappa shape index (κ2) is 8.34. The highest BCUT2D eigenvalue weighted by Gasteiger charge is 2.21. The Morgan fingerprint density at radius 3 is 2.26 bits per heavy atom. The fraction of sp³-hybridized carbons (Fsp3) is 0.0435. The van der Waals surface area contributed by atoms with Gasteiger partial charge < -0.3 is 9.73 Å². The number of rotatable bonds is 6. The zero-order valence-electron chi connectivity index (χ0n) is 16.2. The summed E-state index contributed by atoms with van der Waals surface area (Å²) < 4.78 is 33.5. The van der Waals surface area contributed by atoms with Gasteiger partial charge in [-0.1, -0.05) is 42.5 Å². The van der Waals surface area contributed by atoms with Crippen molar-refractivity contribution < 1.29 is 12.8 Å². The minimum atomic E-state index is -4.09. The second-order valence-corrected chi connectivity index (χ2v) is 8.40. The normalized spacial score (nSPS) is 11.1. The number of benzene rings is 3. The molecule has 0 aliphatic heterocycles. The number of nitrogens with one attached hydrogen (secondary N) is 2. The van der Waals surface area contributed by atoms with Gasteiger partial charge in [-0.3, -0.25) is 4.72 Å². The third-order valence-electron chi connectivity index (χ3n) is 4.66. The molecule has 4 rings (SSSR count). The minimum absolute atomic E-state index is 0.0759. The molecule has 0 radical (unpaired) electrons. The molecule has 0 fully saturated rings. The Bertz CT molecular complexity index is 1440. The van der Waals surface area contributed by atoms with Crippen molar-refractivity contribution in [2.45, 2.75) is 11.4 Å². The maximum Gasteiger partial charge on any atom is 0.363 e. The monoisotopic (exact) mass is 431 g/mol. The van der Waals surface area contributed by atoms with Gasteiger partial charge in [-0.2, -0.15) is 5.26 Å². The molecule has 0 atom stereocenters. The van der Waals surface area contributed by atoms with Gasteiger partial charge in [0.15, 0.2) is 5.69 Å². The molecule has 0 aliphatic rings. The van der Waals surface area contributed by atoms with Crippen LogP contribution >= 0.6 is 0 Å². The number of anilines is 2. The van der Waals surface area contributed by atoms with Crippen molar-refractivity contribution in [2.75, 3.05) is 10.0 Å². The standard InChI is InChI=1S/C23H17N3O4S/c24-14-16-10-12-18(13-11-16)31(28,29)26-22-21(25-15-17-6-2-1-3-7-17)19-8-4-5-9-20(19)30-23(22)27/h1-13,25-26H,15H2. The molecule has 0 saturated carbocycles. The average molecular weight is 431 g/mol. The molecule has 0 amide bonds. The predicted octanol–water partition coefficient (Wildman–Crippen LogP) is 4.08. The molecule has 154 valence electrons. The van der Waals surface area contributed by atoms with Crippen LogP contribution in [0.2, 0.25) is 0 Å². The number of fused-ring (bicyclic) bond motifs is 1. The lowest BCUT2D eigenvalue weighted by Gasteiger charge is -2.15. The maximum absolute atomic E-state index is 12.9. The molecule has 8 heteroatoms. The number of hydrogen-bond acceptors (Lipinski definition) is 6. The van der Waals surface area contributed by atoms with Gasteiger partial charge >= 0.3 is 5.63 Å². The first-order valence-electron chi connectivity index (χ1n) is 9.34. The quantitative estimate of drug-likeness (QED) is 0.445. The third kappa shape index (κ3) is 4.27. The van der Waals surface area contributed by atoms with Crippen LogP contribution in [0.4, 0.5) is 11.4 Å². The van der Waals surface area contributed by atoms with Gasteiger partial charge in [0.1, 0.15) is 5.58 Å². The van der Waals surface area contributed by atoms with Crippen molar-refractivity contribution in [1.82, 2.24) is 0 Å². The second-order valence-electron chi connectivity index (χ2n) is 6.72. The molecule has 4 aromatic rings. The van der Waals surface area contributed by atoms with E-state index >= 15 is 0 Å². The van der Waals surface area contributed by atoms with Gasteiger partial charge in [0.05, 0.1) is 22.2 Å².